The van der Waals surface area contributed by atoms with Gasteiger partial charge in [0.05, 0.1) is 5.60 Å². The van der Waals surface area contributed by atoms with Gasteiger partial charge in [0.15, 0.2) is 11.9 Å². The van der Waals surface area contributed by atoms with Crippen LogP contribution in [0.25, 0.3) is 10.8 Å². The van der Waals surface area contributed by atoms with Gasteiger partial charge in [-0.2, -0.15) is 21.6 Å². The SMILES string of the molecule is Cc1cc2cc(C#CC3CC3)ccc2c(OS(=O)(=O)C(F)(F)F)c1C(OC(C)(C)C)C(=O)O. The summed E-state index contributed by atoms with van der Waals surface area (Å²) in [6.45, 7) is 6.15. The number of rotatable bonds is 5. The highest BCUT2D eigenvalue weighted by atomic mass is 32.2. The van der Waals surface area contributed by atoms with Gasteiger partial charge in [-0.3, -0.25) is 0 Å². The van der Waals surface area contributed by atoms with Gasteiger partial charge in [-0.05, 0) is 69.7 Å². The smallest absolute Gasteiger partial charge is 0.479 e. The molecular weight excluding hydrogens is 461 g/mol. The summed E-state index contributed by atoms with van der Waals surface area (Å²) < 4.78 is 73.4. The highest BCUT2D eigenvalue weighted by Gasteiger charge is 2.49. The second-order valence-corrected chi connectivity index (χ2v) is 10.4. The van der Waals surface area contributed by atoms with E-state index in [0.29, 0.717) is 16.9 Å². The van der Waals surface area contributed by atoms with Crippen molar-refractivity contribution < 1.29 is 40.4 Å². The first-order valence-electron chi connectivity index (χ1n) is 10.1. The van der Waals surface area contributed by atoms with Crippen molar-refractivity contribution in [3.05, 3.63) is 41.0 Å². The quantitative estimate of drug-likeness (QED) is 0.362. The first kappa shape index (κ1) is 24.9. The van der Waals surface area contributed by atoms with Crippen molar-refractivity contribution in [2.45, 2.75) is 57.7 Å². The van der Waals surface area contributed by atoms with Crippen molar-refractivity contribution in [3.63, 3.8) is 0 Å². The number of benzene rings is 2. The van der Waals surface area contributed by atoms with Gasteiger partial charge in [-0.25, -0.2) is 4.79 Å². The topological polar surface area (TPSA) is 89.9 Å². The molecule has 0 aliphatic heterocycles. The fraction of sp³-hybridized carbons (Fsp3) is 0.435. The third-order valence-electron chi connectivity index (χ3n) is 4.77. The fourth-order valence-corrected chi connectivity index (χ4v) is 3.67. The Labute approximate surface area is 189 Å². The van der Waals surface area contributed by atoms with Crippen molar-refractivity contribution in [3.8, 4) is 17.6 Å². The summed E-state index contributed by atoms with van der Waals surface area (Å²) in [5.74, 6) is 4.14. The molecule has 2 aromatic carbocycles. The average Bonchev–Trinajstić information content (AvgIpc) is 3.47. The van der Waals surface area contributed by atoms with Gasteiger partial charge in [-0.15, -0.1) is 0 Å². The number of alkyl halides is 3. The summed E-state index contributed by atoms with van der Waals surface area (Å²) in [6, 6.07) is 6.02. The molecule has 0 aromatic heterocycles. The molecule has 1 N–H and O–H groups in total. The zero-order valence-corrected chi connectivity index (χ0v) is 19.2. The van der Waals surface area contributed by atoms with Crippen molar-refractivity contribution in [1.29, 1.82) is 0 Å². The summed E-state index contributed by atoms with van der Waals surface area (Å²) in [7, 11) is -6.08. The molecule has 1 unspecified atom stereocenters. The van der Waals surface area contributed by atoms with Gasteiger partial charge in [0.25, 0.3) is 0 Å². The van der Waals surface area contributed by atoms with Crippen LogP contribution in [0.5, 0.6) is 5.75 Å². The van der Waals surface area contributed by atoms with Crippen LogP contribution in [0.1, 0.15) is 56.4 Å². The van der Waals surface area contributed by atoms with Crippen LogP contribution in [-0.4, -0.2) is 30.6 Å². The summed E-state index contributed by atoms with van der Waals surface area (Å²) in [5, 5.41) is 10.1. The van der Waals surface area contributed by atoms with Crippen molar-refractivity contribution in [2.75, 3.05) is 0 Å². The molecule has 33 heavy (non-hydrogen) atoms. The molecule has 1 saturated carbocycles. The Kier molecular flexibility index (Phi) is 6.43. The van der Waals surface area contributed by atoms with E-state index >= 15 is 0 Å². The summed E-state index contributed by atoms with van der Waals surface area (Å²) in [5.41, 5.74) is -6.24. The van der Waals surface area contributed by atoms with E-state index in [1.54, 1.807) is 32.9 Å². The van der Waals surface area contributed by atoms with Crippen LogP contribution in [-0.2, 0) is 19.6 Å². The van der Waals surface area contributed by atoms with Crippen LogP contribution < -0.4 is 4.18 Å². The Hall–Kier alpha value is -2.77. The van der Waals surface area contributed by atoms with Crippen LogP contribution in [0.2, 0.25) is 0 Å². The maximum Gasteiger partial charge on any atom is 0.534 e. The fourth-order valence-electron chi connectivity index (χ4n) is 3.17. The van der Waals surface area contributed by atoms with Gasteiger partial charge in [0, 0.05) is 22.4 Å². The molecule has 0 amide bonds. The van der Waals surface area contributed by atoms with Crippen LogP contribution >= 0.6 is 0 Å². The number of aryl methyl sites for hydroxylation is 1. The highest BCUT2D eigenvalue weighted by molar-refractivity contribution is 7.88. The van der Waals surface area contributed by atoms with Gasteiger partial charge in [-0.1, -0.05) is 17.9 Å². The van der Waals surface area contributed by atoms with Crippen LogP contribution in [0.4, 0.5) is 13.2 Å². The van der Waals surface area contributed by atoms with E-state index in [1.165, 1.54) is 19.1 Å². The predicted octanol–water partition coefficient (Wildman–Crippen LogP) is 5.08. The molecule has 1 fully saturated rings. The third-order valence-corrected chi connectivity index (χ3v) is 5.72. The lowest BCUT2D eigenvalue weighted by Gasteiger charge is -2.28. The Morgan fingerprint density at radius 3 is 2.33 bits per heavy atom. The minimum Gasteiger partial charge on any atom is -0.479 e. The van der Waals surface area contributed by atoms with E-state index in [9.17, 15) is 31.5 Å². The number of ether oxygens (including phenoxy) is 1. The van der Waals surface area contributed by atoms with Crippen LogP contribution in [0, 0.1) is 24.7 Å². The number of hydrogen-bond donors (Lipinski definition) is 1. The summed E-state index contributed by atoms with van der Waals surface area (Å²) in [4.78, 5) is 12.0. The van der Waals surface area contributed by atoms with E-state index < -0.39 is 39.1 Å². The van der Waals surface area contributed by atoms with E-state index in [2.05, 4.69) is 16.0 Å². The maximum absolute atomic E-state index is 13.1. The lowest BCUT2D eigenvalue weighted by atomic mass is 9.95. The number of carbonyl (C=O) groups is 1. The third kappa shape index (κ3) is 5.78. The minimum atomic E-state index is -6.08. The molecule has 3 rings (SSSR count). The first-order chi connectivity index (χ1) is 15.1. The second-order valence-electron chi connectivity index (χ2n) is 8.85. The molecule has 1 aliphatic rings. The Balaban J connectivity index is 2.27. The number of fused-ring (bicyclic) bond motifs is 1. The van der Waals surface area contributed by atoms with E-state index in [-0.39, 0.29) is 16.5 Å². The van der Waals surface area contributed by atoms with Gasteiger partial charge < -0.3 is 14.0 Å². The molecule has 1 atom stereocenters. The molecule has 2 aromatic rings. The van der Waals surface area contributed by atoms with Gasteiger partial charge in [0.2, 0.25) is 0 Å². The molecule has 0 radical (unpaired) electrons. The molecule has 6 nitrogen and oxygen atoms in total. The van der Waals surface area contributed by atoms with E-state index in [0.717, 1.165) is 12.8 Å². The zero-order chi connectivity index (χ0) is 24.8. The molecule has 0 heterocycles. The second kappa shape index (κ2) is 8.54. The lowest BCUT2D eigenvalue weighted by molar-refractivity contribution is -0.160. The summed E-state index contributed by atoms with van der Waals surface area (Å²) in [6.07, 6.45) is 0.253. The van der Waals surface area contributed by atoms with Crippen LogP contribution in [0.3, 0.4) is 0 Å². The van der Waals surface area contributed by atoms with Crippen LogP contribution in [0.15, 0.2) is 24.3 Å². The Bertz CT molecular complexity index is 1260. The zero-order valence-electron chi connectivity index (χ0n) is 18.4. The predicted molar refractivity (Wildman–Crippen MR) is 115 cm³/mol. The lowest BCUT2D eigenvalue weighted by Crippen LogP contribution is -2.31. The van der Waals surface area contributed by atoms with Gasteiger partial charge >= 0.3 is 21.6 Å². The molecule has 1 aliphatic carbocycles. The number of aliphatic carboxylic acids is 1. The number of carboxylic acids is 1. The highest BCUT2D eigenvalue weighted by Crippen LogP contribution is 2.42. The first-order valence-corrected chi connectivity index (χ1v) is 11.5. The Morgan fingerprint density at radius 2 is 1.82 bits per heavy atom. The van der Waals surface area contributed by atoms with Gasteiger partial charge in [0.1, 0.15) is 0 Å². The van der Waals surface area contributed by atoms with E-state index in [1.807, 2.05) is 0 Å². The van der Waals surface area contributed by atoms with Crippen molar-refractivity contribution >= 4 is 26.9 Å². The largest absolute Gasteiger partial charge is 0.534 e. The molecule has 178 valence electrons. The molecule has 0 spiro atoms. The standard InChI is InChI=1S/C23H23F3O6S/c1-13-11-16-12-15(8-7-14-5-6-14)9-10-17(16)19(32-33(29,30)23(24,25)26)18(13)20(21(27)28)31-22(2,3)4/h9-12,14,20H,5-6H2,1-4H3,(H,27,28). The Morgan fingerprint density at radius 1 is 1.18 bits per heavy atom. The van der Waals surface area contributed by atoms with Crippen molar-refractivity contribution in [1.82, 2.24) is 0 Å². The number of halogens is 3. The van der Waals surface area contributed by atoms with Crippen molar-refractivity contribution in [2.24, 2.45) is 5.92 Å². The number of hydrogen-bond acceptors (Lipinski definition) is 5. The molecular formula is C23H23F3O6S. The monoisotopic (exact) mass is 484 g/mol. The number of carboxylic acid groups (broad SMARTS) is 1. The normalized spacial score (nSPS) is 15.6. The summed E-state index contributed by atoms with van der Waals surface area (Å²) >= 11 is 0. The maximum atomic E-state index is 13.1. The molecule has 0 bridgehead atoms. The molecule has 0 saturated heterocycles. The molecule has 10 heteroatoms. The average molecular weight is 484 g/mol. The van der Waals surface area contributed by atoms with E-state index in [4.69, 9.17) is 4.74 Å². The minimum absolute atomic E-state index is 0.0100.